The fraction of sp³-hybridized carbons (Fsp3) is 0.308. The number of amides is 1. The summed E-state index contributed by atoms with van der Waals surface area (Å²) in [6, 6.07) is 10.3. The number of nitrogens with two attached hydrogens (primary N) is 1. The van der Waals surface area contributed by atoms with Crippen molar-refractivity contribution in [2.75, 3.05) is 0 Å². The van der Waals surface area contributed by atoms with Crippen molar-refractivity contribution in [1.82, 2.24) is 10.1 Å². The summed E-state index contributed by atoms with van der Waals surface area (Å²) in [7, 11) is 0. The molecule has 92 valence electrons. The topological polar surface area (TPSA) is 82.0 Å². The first-order chi connectivity index (χ1) is 8.70. The molecule has 5 nitrogen and oxygen atoms in total. The molecule has 2 aromatic rings. The molecule has 1 amide bonds. The highest BCUT2D eigenvalue weighted by atomic mass is 16.5. The molecule has 2 N–H and O–H groups in total. The van der Waals surface area contributed by atoms with Gasteiger partial charge >= 0.3 is 11.8 Å². The van der Waals surface area contributed by atoms with Gasteiger partial charge in [-0.25, -0.2) is 0 Å². The fourth-order valence-electron chi connectivity index (χ4n) is 2.24. The van der Waals surface area contributed by atoms with Crippen molar-refractivity contribution < 1.29 is 9.32 Å². The number of hydrogen-bond donors (Lipinski definition) is 1. The van der Waals surface area contributed by atoms with Gasteiger partial charge in [-0.2, -0.15) is 4.98 Å². The molecule has 1 heterocycles. The maximum atomic E-state index is 10.9. The van der Waals surface area contributed by atoms with Crippen LogP contribution < -0.4 is 5.73 Å². The van der Waals surface area contributed by atoms with E-state index in [2.05, 4.69) is 22.3 Å². The normalized spacial score (nSPS) is 16.4. The minimum absolute atomic E-state index is 0.111. The molecule has 0 saturated heterocycles. The van der Waals surface area contributed by atoms with Gasteiger partial charge in [0.25, 0.3) is 0 Å². The van der Waals surface area contributed by atoms with E-state index >= 15 is 0 Å². The van der Waals surface area contributed by atoms with Crippen LogP contribution >= 0.6 is 0 Å². The van der Waals surface area contributed by atoms with Crippen molar-refractivity contribution in [2.45, 2.75) is 24.7 Å². The summed E-state index contributed by atoms with van der Waals surface area (Å²) in [5, 5.41) is 3.80. The first kappa shape index (κ1) is 11.0. The Balaban J connectivity index is 1.82. The highest BCUT2D eigenvalue weighted by molar-refractivity contribution is 5.87. The maximum absolute atomic E-state index is 10.9. The standard InChI is InChI=1S/C13H13N3O2/c14-11(17)12-15-10(16-18-12)8-13(6-7-13)9-4-2-1-3-5-9/h1-5H,6-8H2,(H2,14,17). The summed E-state index contributed by atoms with van der Waals surface area (Å²) in [6.07, 6.45) is 2.91. The Hall–Kier alpha value is -2.17. The lowest BCUT2D eigenvalue weighted by atomic mass is 9.92. The van der Waals surface area contributed by atoms with Gasteiger partial charge in [-0.1, -0.05) is 35.5 Å². The quantitative estimate of drug-likeness (QED) is 0.880. The van der Waals surface area contributed by atoms with E-state index in [0.29, 0.717) is 12.2 Å². The van der Waals surface area contributed by atoms with E-state index in [-0.39, 0.29) is 11.3 Å². The van der Waals surface area contributed by atoms with Gasteiger partial charge in [0.1, 0.15) is 0 Å². The monoisotopic (exact) mass is 243 g/mol. The molecule has 5 heteroatoms. The average Bonchev–Trinajstić information content (AvgIpc) is 3.00. The second-order valence-electron chi connectivity index (χ2n) is 4.70. The van der Waals surface area contributed by atoms with E-state index in [4.69, 9.17) is 10.3 Å². The first-order valence-corrected chi connectivity index (χ1v) is 5.88. The largest absolute Gasteiger partial charge is 0.361 e. The highest BCUT2D eigenvalue weighted by Gasteiger charge is 2.45. The van der Waals surface area contributed by atoms with Gasteiger partial charge in [-0.3, -0.25) is 4.79 Å². The van der Waals surface area contributed by atoms with Crippen LogP contribution in [0.5, 0.6) is 0 Å². The summed E-state index contributed by atoms with van der Waals surface area (Å²) < 4.78 is 4.80. The highest BCUT2D eigenvalue weighted by Crippen LogP contribution is 2.50. The average molecular weight is 243 g/mol. The smallest absolute Gasteiger partial charge is 0.315 e. The van der Waals surface area contributed by atoms with Crippen molar-refractivity contribution in [3.63, 3.8) is 0 Å². The minimum atomic E-state index is -0.682. The van der Waals surface area contributed by atoms with Crippen molar-refractivity contribution in [3.8, 4) is 0 Å². The molecule has 0 aliphatic heterocycles. The summed E-state index contributed by atoms with van der Waals surface area (Å²) >= 11 is 0. The number of carbonyl (C=O) groups is 1. The molecule has 0 bridgehead atoms. The molecule has 0 atom stereocenters. The summed E-state index contributed by atoms with van der Waals surface area (Å²) in [5.74, 6) is -0.252. The third-order valence-corrected chi connectivity index (χ3v) is 3.42. The molecule has 1 fully saturated rings. The summed E-state index contributed by atoms with van der Waals surface area (Å²) in [5.41, 5.74) is 6.48. The van der Waals surface area contributed by atoms with Crippen LogP contribution in [-0.4, -0.2) is 16.0 Å². The van der Waals surface area contributed by atoms with Crippen molar-refractivity contribution in [1.29, 1.82) is 0 Å². The Morgan fingerprint density at radius 3 is 2.61 bits per heavy atom. The minimum Gasteiger partial charge on any atom is -0.361 e. The third kappa shape index (κ3) is 1.88. The lowest BCUT2D eigenvalue weighted by molar-refractivity contribution is 0.0958. The van der Waals surface area contributed by atoms with E-state index in [1.54, 1.807) is 0 Å². The van der Waals surface area contributed by atoms with Gasteiger partial charge in [0.05, 0.1) is 0 Å². The lowest BCUT2D eigenvalue weighted by Crippen LogP contribution is -2.13. The number of hydrogen-bond acceptors (Lipinski definition) is 4. The zero-order valence-corrected chi connectivity index (χ0v) is 9.80. The van der Waals surface area contributed by atoms with Gasteiger partial charge in [0.15, 0.2) is 5.82 Å². The molecule has 0 radical (unpaired) electrons. The van der Waals surface area contributed by atoms with Crippen LogP contribution in [0.15, 0.2) is 34.9 Å². The molecular formula is C13H13N3O2. The van der Waals surface area contributed by atoms with Crippen molar-refractivity contribution >= 4 is 5.91 Å². The number of nitrogens with zero attached hydrogens (tertiary/aromatic N) is 2. The van der Waals surface area contributed by atoms with Gasteiger partial charge < -0.3 is 10.3 Å². The van der Waals surface area contributed by atoms with Crippen LogP contribution in [0, 0.1) is 0 Å². The Kier molecular flexibility index (Phi) is 2.40. The molecule has 1 saturated carbocycles. The molecule has 1 aromatic heterocycles. The molecule has 0 spiro atoms. The number of rotatable bonds is 4. The Bertz CT molecular complexity index is 573. The molecule has 3 rings (SSSR count). The SMILES string of the molecule is NC(=O)c1nc(CC2(c3ccccc3)CC2)no1. The number of benzene rings is 1. The maximum Gasteiger partial charge on any atom is 0.315 e. The van der Waals surface area contributed by atoms with Gasteiger partial charge in [0, 0.05) is 11.8 Å². The summed E-state index contributed by atoms with van der Waals surface area (Å²) in [4.78, 5) is 14.9. The van der Waals surface area contributed by atoms with Gasteiger partial charge in [-0.05, 0) is 18.4 Å². The van der Waals surface area contributed by atoms with E-state index in [1.165, 1.54) is 5.56 Å². The first-order valence-electron chi connectivity index (χ1n) is 5.88. The fourth-order valence-corrected chi connectivity index (χ4v) is 2.24. The second kappa shape index (κ2) is 3.94. The molecule has 0 unspecified atom stereocenters. The zero-order valence-electron chi connectivity index (χ0n) is 9.80. The van der Waals surface area contributed by atoms with Crippen LogP contribution in [0.3, 0.4) is 0 Å². The van der Waals surface area contributed by atoms with Crippen LogP contribution in [0.1, 0.15) is 34.9 Å². The predicted molar refractivity (Wildman–Crippen MR) is 63.9 cm³/mol. The molecule has 1 aromatic carbocycles. The van der Waals surface area contributed by atoms with Gasteiger partial charge in [0.2, 0.25) is 0 Å². The number of carbonyl (C=O) groups excluding carboxylic acids is 1. The summed E-state index contributed by atoms with van der Waals surface area (Å²) in [6.45, 7) is 0. The lowest BCUT2D eigenvalue weighted by Gasteiger charge is -2.12. The molecule has 1 aliphatic carbocycles. The Morgan fingerprint density at radius 1 is 1.33 bits per heavy atom. The number of aromatic nitrogens is 2. The van der Waals surface area contributed by atoms with E-state index in [0.717, 1.165) is 12.8 Å². The third-order valence-electron chi connectivity index (χ3n) is 3.42. The van der Waals surface area contributed by atoms with Crippen LogP contribution in [-0.2, 0) is 11.8 Å². The Morgan fingerprint density at radius 2 is 2.06 bits per heavy atom. The zero-order chi connectivity index (χ0) is 12.6. The van der Waals surface area contributed by atoms with Crippen LogP contribution in [0.4, 0.5) is 0 Å². The molecule has 18 heavy (non-hydrogen) atoms. The Labute approximate surface area is 104 Å². The second-order valence-corrected chi connectivity index (χ2v) is 4.70. The van der Waals surface area contributed by atoms with Crippen LogP contribution in [0.25, 0.3) is 0 Å². The van der Waals surface area contributed by atoms with E-state index < -0.39 is 5.91 Å². The van der Waals surface area contributed by atoms with Gasteiger partial charge in [-0.15, -0.1) is 0 Å². The number of primary amides is 1. The van der Waals surface area contributed by atoms with Crippen molar-refractivity contribution in [2.24, 2.45) is 5.73 Å². The predicted octanol–water partition coefficient (Wildman–Crippen LogP) is 1.44. The van der Waals surface area contributed by atoms with Crippen molar-refractivity contribution in [3.05, 3.63) is 47.6 Å². The van der Waals surface area contributed by atoms with Crippen LogP contribution in [0.2, 0.25) is 0 Å². The molecule has 1 aliphatic rings. The molecular weight excluding hydrogens is 230 g/mol. The van der Waals surface area contributed by atoms with E-state index in [1.807, 2.05) is 18.2 Å². The van der Waals surface area contributed by atoms with E-state index in [9.17, 15) is 4.79 Å².